The molecule has 72 valence electrons. The van der Waals surface area contributed by atoms with E-state index in [1.165, 1.54) is 12.1 Å². The third-order valence-electron chi connectivity index (χ3n) is 1.31. The Morgan fingerprint density at radius 1 is 1.50 bits per heavy atom. The van der Waals surface area contributed by atoms with Gasteiger partial charge in [0.1, 0.15) is 0 Å². The highest BCUT2D eigenvalue weighted by molar-refractivity contribution is 6.36. The molecule has 0 aliphatic carbocycles. The van der Waals surface area contributed by atoms with Crippen LogP contribution in [0.3, 0.4) is 0 Å². The summed E-state index contributed by atoms with van der Waals surface area (Å²) in [6, 6.07) is 3.71. The second kappa shape index (κ2) is 4.72. The van der Waals surface area contributed by atoms with E-state index < -0.39 is 6.03 Å². The fraction of sp³-hybridized carbons (Fsp3) is 0. The highest BCUT2D eigenvalue weighted by atomic mass is 35.5. The average molecular weight is 231 g/mol. The van der Waals surface area contributed by atoms with Crippen molar-refractivity contribution >= 4 is 34.9 Å². The van der Waals surface area contributed by atoms with Crippen molar-refractivity contribution in [2.24, 2.45) is 5.11 Å². The lowest BCUT2D eigenvalue weighted by atomic mass is 10.3. The van der Waals surface area contributed by atoms with Gasteiger partial charge < -0.3 is 5.32 Å². The summed E-state index contributed by atoms with van der Waals surface area (Å²) in [6.07, 6.45) is 0. The first-order chi connectivity index (χ1) is 6.63. The van der Waals surface area contributed by atoms with E-state index in [9.17, 15) is 4.79 Å². The topological polar surface area (TPSA) is 77.9 Å². The predicted octanol–water partition coefficient (Wildman–Crippen LogP) is 3.84. The summed E-state index contributed by atoms with van der Waals surface area (Å²) in [6.45, 7) is 0. The Morgan fingerprint density at radius 2 is 2.21 bits per heavy atom. The van der Waals surface area contributed by atoms with Crippen LogP contribution in [0.1, 0.15) is 0 Å². The third-order valence-corrected chi connectivity index (χ3v) is 1.86. The number of rotatable bonds is 1. The number of hydrogen-bond donors (Lipinski definition) is 1. The van der Waals surface area contributed by atoms with E-state index in [4.69, 9.17) is 28.7 Å². The Kier molecular flexibility index (Phi) is 3.59. The second-order valence-electron chi connectivity index (χ2n) is 2.24. The molecule has 0 atom stereocenters. The van der Waals surface area contributed by atoms with Crippen molar-refractivity contribution in [1.29, 1.82) is 0 Å². The standard InChI is InChI=1S/C7H4Cl2N4O/c8-4-1-2-6(5(9)3-4)11-7(14)12-13-10/h1-3H,(H,11,14). The molecule has 0 aliphatic rings. The summed E-state index contributed by atoms with van der Waals surface area (Å²) in [5.74, 6) is 0. The highest BCUT2D eigenvalue weighted by Crippen LogP contribution is 2.25. The molecule has 0 heterocycles. The van der Waals surface area contributed by atoms with Crippen LogP contribution in [0.2, 0.25) is 10.0 Å². The quantitative estimate of drug-likeness (QED) is 0.444. The van der Waals surface area contributed by atoms with Crippen LogP contribution >= 0.6 is 23.2 Å². The molecule has 2 amide bonds. The number of hydrogen-bond acceptors (Lipinski definition) is 1. The van der Waals surface area contributed by atoms with Crippen LogP contribution < -0.4 is 5.32 Å². The molecule has 14 heavy (non-hydrogen) atoms. The minimum atomic E-state index is -0.822. The first-order valence-corrected chi connectivity index (χ1v) is 4.20. The molecule has 0 saturated carbocycles. The van der Waals surface area contributed by atoms with Gasteiger partial charge in [0.05, 0.1) is 10.7 Å². The van der Waals surface area contributed by atoms with Crippen molar-refractivity contribution in [1.82, 2.24) is 0 Å². The average Bonchev–Trinajstić information content (AvgIpc) is 2.10. The van der Waals surface area contributed by atoms with Crippen molar-refractivity contribution < 1.29 is 4.79 Å². The zero-order chi connectivity index (χ0) is 10.6. The smallest absolute Gasteiger partial charge is 0.312 e. The van der Waals surface area contributed by atoms with Crippen LogP contribution in [-0.4, -0.2) is 6.03 Å². The number of benzene rings is 1. The Morgan fingerprint density at radius 3 is 2.79 bits per heavy atom. The third kappa shape index (κ3) is 2.81. The van der Waals surface area contributed by atoms with Gasteiger partial charge in [0, 0.05) is 15.0 Å². The first-order valence-electron chi connectivity index (χ1n) is 3.44. The maximum absolute atomic E-state index is 10.8. The number of carbonyl (C=O) groups excluding carboxylic acids is 1. The van der Waals surface area contributed by atoms with Crippen LogP contribution in [0.4, 0.5) is 10.5 Å². The van der Waals surface area contributed by atoms with Crippen LogP contribution in [-0.2, 0) is 0 Å². The zero-order valence-electron chi connectivity index (χ0n) is 6.74. The Bertz CT molecular complexity index is 414. The van der Waals surface area contributed by atoms with Gasteiger partial charge in [-0.2, -0.15) is 0 Å². The summed E-state index contributed by atoms with van der Waals surface area (Å²) < 4.78 is 0. The summed E-state index contributed by atoms with van der Waals surface area (Å²) in [5, 5.41) is 5.84. The molecule has 7 heteroatoms. The van der Waals surface area contributed by atoms with Gasteiger partial charge in [0.15, 0.2) is 0 Å². The number of urea groups is 1. The van der Waals surface area contributed by atoms with E-state index in [0.717, 1.165) is 0 Å². The number of azide groups is 1. The SMILES string of the molecule is [N-]=[N+]=NC(=O)Nc1ccc(Cl)cc1Cl. The van der Waals surface area contributed by atoms with E-state index in [-0.39, 0.29) is 5.02 Å². The Hall–Kier alpha value is -1.42. The van der Waals surface area contributed by atoms with Crippen LogP contribution in [0.25, 0.3) is 10.4 Å². The molecule has 0 aromatic heterocycles. The lowest BCUT2D eigenvalue weighted by Gasteiger charge is -2.03. The molecule has 0 aliphatic heterocycles. The highest BCUT2D eigenvalue weighted by Gasteiger charge is 2.03. The molecule has 1 rings (SSSR count). The number of carbonyl (C=O) groups is 1. The molecule has 1 aromatic carbocycles. The molecule has 0 radical (unpaired) electrons. The number of nitrogens with zero attached hydrogens (tertiary/aromatic N) is 3. The molecule has 5 nitrogen and oxygen atoms in total. The van der Waals surface area contributed by atoms with Crippen molar-refractivity contribution in [3.63, 3.8) is 0 Å². The summed E-state index contributed by atoms with van der Waals surface area (Å²) >= 11 is 11.4. The van der Waals surface area contributed by atoms with E-state index in [1.54, 1.807) is 6.07 Å². The van der Waals surface area contributed by atoms with Gasteiger partial charge in [-0.25, -0.2) is 0 Å². The predicted molar refractivity (Wildman–Crippen MR) is 54.6 cm³/mol. The second-order valence-corrected chi connectivity index (χ2v) is 3.09. The Labute approximate surface area is 89.2 Å². The molecule has 0 unspecified atom stereocenters. The molecule has 1 aromatic rings. The van der Waals surface area contributed by atoms with Crippen LogP contribution in [0.5, 0.6) is 0 Å². The maximum atomic E-state index is 10.8. The van der Waals surface area contributed by atoms with E-state index in [2.05, 4.69) is 15.3 Å². The van der Waals surface area contributed by atoms with Crippen molar-refractivity contribution in [2.75, 3.05) is 5.32 Å². The Balaban J connectivity index is 2.87. The minimum absolute atomic E-state index is 0.277. The van der Waals surface area contributed by atoms with Gasteiger partial charge in [-0.3, -0.25) is 4.79 Å². The molecular formula is C7H4Cl2N4O. The van der Waals surface area contributed by atoms with Crippen molar-refractivity contribution in [3.8, 4) is 0 Å². The summed E-state index contributed by atoms with van der Waals surface area (Å²) in [5.41, 5.74) is 8.31. The largest absolute Gasteiger partial charge is 0.319 e. The zero-order valence-corrected chi connectivity index (χ0v) is 8.25. The van der Waals surface area contributed by atoms with E-state index >= 15 is 0 Å². The molecule has 0 spiro atoms. The maximum Gasteiger partial charge on any atom is 0.312 e. The monoisotopic (exact) mass is 230 g/mol. The van der Waals surface area contributed by atoms with Gasteiger partial charge in [0.2, 0.25) is 0 Å². The van der Waals surface area contributed by atoms with Gasteiger partial charge in [-0.05, 0) is 23.7 Å². The summed E-state index contributed by atoms with van der Waals surface area (Å²) in [4.78, 5) is 13.1. The fourth-order valence-electron chi connectivity index (χ4n) is 0.772. The fourth-order valence-corrected chi connectivity index (χ4v) is 1.23. The minimum Gasteiger partial charge on any atom is -0.319 e. The lowest BCUT2D eigenvalue weighted by molar-refractivity contribution is 0.259. The lowest BCUT2D eigenvalue weighted by Crippen LogP contribution is -2.05. The number of halogens is 2. The van der Waals surface area contributed by atoms with Gasteiger partial charge in [-0.1, -0.05) is 23.2 Å². The molecule has 0 fully saturated rings. The van der Waals surface area contributed by atoms with Crippen molar-refractivity contribution in [2.45, 2.75) is 0 Å². The van der Waals surface area contributed by atoms with Gasteiger partial charge >= 0.3 is 6.03 Å². The molecule has 0 saturated heterocycles. The van der Waals surface area contributed by atoms with Crippen LogP contribution in [0, 0.1) is 0 Å². The first kappa shape index (κ1) is 10.7. The van der Waals surface area contributed by atoms with Gasteiger partial charge in [-0.15, -0.1) is 0 Å². The van der Waals surface area contributed by atoms with Gasteiger partial charge in [0.25, 0.3) is 0 Å². The normalized spacial score (nSPS) is 9.00. The molecular weight excluding hydrogens is 227 g/mol. The van der Waals surface area contributed by atoms with Crippen molar-refractivity contribution in [3.05, 3.63) is 38.7 Å². The van der Waals surface area contributed by atoms with E-state index in [0.29, 0.717) is 10.7 Å². The molecule has 1 N–H and O–H groups in total. The summed E-state index contributed by atoms with van der Waals surface area (Å²) in [7, 11) is 0. The van der Waals surface area contributed by atoms with E-state index in [1.807, 2.05) is 0 Å². The number of anilines is 1. The number of nitrogens with one attached hydrogen (secondary N) is 1. The number of amides is 2. The molecule has 0 bridgehead atoms. The van der Waals surface area contributed by atoms with Crippen LogP contribution in [0.15, 0.2) is 23.3 Å².